The standard InChI is InChI=1S/C24H23F2N5O5S/c1-12(2)21(23(32)33)31-19-9-13(4-6-17(19)29-24(31)27)14-8-18(22(36-3)28-11-14)30-37(34,35)20-7-5-15(25)10-16(20)26/h4-12,21,30H,1-3H3,(H2,27,29)(H,32,33). The normalized spacial score (nSPS) is 12.6. The number of ether oxygens (including phenoxy) is 1. The third-order valence-electron chi connectivity index (χ3n) is 5.69. The lowest BCUT2D eigenvalue weighted by atomic mass is 10.0. The number of hydrogen-bond donors (Lipinski definition) is 3. The molecule has 1 atom stereocenters. The van der Waals surface area contributed by atoms with E-state index in [-0.39, 0.29) is 23.4 Å². The molecule has 2 aromatic heterocycles. The van der Waals surface area contributed by atoms with Crippen molar-refractivity contribution in [1.29, 1.82) is 0 Å². The number of nitrogens with zero attached hydrogens (tertiary/aromatic N) is 3. The maximum atomic E-state index is 14.2. The Morgan fingerprint density at radius 2 is 1.86 bits per heavy atom. The predicted octanol–water partition coefficient (Wildman–Crippen LogP) is 4.05. The number of anilines is 2. The first-order chi connectivity index (χ1) is 17.4. The third-order valence-corrected chi connectivity index (χ3v) is 7.08. The Labute approximate surface area is 210 Å². The SMILES string of the molecule is COc1ncc(-c2ccc3nc(N)n(C(C(=O)O)C(C)C)c3c2)cc1NS(=O)(=O)c1ccc(F)cc1F. The minimum Gasteiger partial charge on any atom is -0.480 e. The molecule has 0 saturated carbocycles. The van der Waals surface area contributed by atoms with Gasteiger partial charge in [-0.3, -0.25) is 9.29 Å². The number of carboxylic acids is 1. The van der Waals surface area contributed by atoms with Crippen molar-refractivity contribution in [3.8, 4) is 17.0 Å². The molecular formula is C24H23F2N5O5S. The van der Waals surface area contributed by atoms with Crippen LogP contribution in [0.3, 0.4) is 0 Å². The van der Waals surface area contributed by atoms with Gasteiger partial charge >= 0.3 is 5.97 Å². The van der Waals surface area contributed by atoms with E-state index in [1.54, 1.807) is 32.0 Å². The topological polar surface area (TPSA) is 149 Å². The van der Waals surface area contributed by atoms with Gasteiger partial charge in [-0.2, -0.15) is 0 Å². The molecule has 0 aliphatic rings. The van der Waals surface area contributed by atoms with E-state index >= 15 is 0 Å². The van der Waals surface area contributed by atoms with Gasteiger partial charge in [0.25, 0.3) is 10.0 Å². The number of nitrogens with one attached hydrogen (secondary N) is 1. The molecule has 0 spiro atoms. The third kappa shape index (κ3) is 4.89. The van der Waals surface area contributed by atoms with Crippen molar-refractivity contribution < 1.29 is 31.8 Å². The van der Waals surface area contributed by atoms with Crippen molar-refractivity contribution in [2.24, 2.45) is 5.92 Å². The van der Waals surface area contributed by atoms with Gasteiger partial charge in [0.15, 0.2) is 0 Å². The number of nitrogens with two attached hydrogens (primary N) is 1. The van der Waals surface area contributed by atoms with Gasteiger partial charge in [-0.1, -0.05) is 19.9 Å². The molecule has 10 nitrogen and oxygen atoms in total. The summed E-state index contributed by atoms with van der Waals surface area (Å²) in [5.41, 5.74) is 7.88. The fourth-order valence-electron chi connectivity index (χ4n) is 4.02. The summed E-state index contributed by atoms with van der Waals surface area (Å²) in [7, 11) is -3.19. The molecule has 0 amide bonds. The molecule has 0 saturated heterocycles. The summed E-state index contributed by atoms with van der Waals surface area (Å²) < 4.78 is 61.9. The number of carbonyl (C=O) groups is 1. The Balaban J connectivity index is 1.80. The number of pyridine rings is 1. The zero-order chi connectivity index (χ0) is 27.1. The number of halogens is 2. The van der Waals surface area contributed by atoms with Crippen molar-refractivity contribution in [2.75, 3.05) is 17.6 Å². The summed E-state index contributed by atoms with van der Waals surface area (Å²) in [6.07, 6.45) is 1.43. The second-order valence-corrected chi connectivity index (χ2v) is 10.2. The van der Waals surface area contributed by atoms with Crippen LogP contribution in [0.15, 0.2) is 53.6 Å². The highest BCUT2D eigenvalue weighted by molar-refractivity contribution is 7.92. The lowest BCUT2D eigenvalue weighted by Crippen LogP contribution is -2.25. The smallest absolute Gasteiger partial charge is 0.327 e. The summed E-state index contributed by atoms with van der Waals surface area (Å²) in [5, 5.41) is 9.78. The van der Waals surface area contributed by atoms with Crippen LogP contribution in [0.5, 0.6) is 5.88 Å². The van der Waals surface area contributed by atoms with Crippen LogP contribution in [0.4, 0.5) is 20.4 Å². The Morgan fingerprint density at radius 1 is 1.14 bits per heavy atom. The second-order valence-electron chi connectivity index (χ2n) is 8.53. The van der Waals surface area contributed by atoms with E-state index in [1.165, 1.54) is 23.9 Å². The average Bonchev–Trinajstić information content (AvgIpc) is 3.13. The van der Waals surface area contributed by atoms with Crippen LogP contribution in [-0.2, 0) is 14.8 Å². The predicted molar refractivity (Wildman–Crippen MR) is 133 cm³/mol. The zero-order valence-corrected chi connectivity index (χ0v) is 20.8. The molecule has 1 unspecified atom stereocenters. The van der Waals surface area contributed by atoms with Crippen LogP contribution in [0, 0.1) is 17.6 Å². The maximum Gasteiger partial charge on any atom is 0.327 e. The summed E-state index contributed by atoms with van der Waals surface area (Å²) >= 11 is 0. The molecule has 37 heavy (non-hydrogen) atoms. The van der Waals surface area contributed by atoms with Gasteiger partial charge in [-0.15, -0.1) is 0 Å². The van der Waals surface area contributed by atoms with E-state index in [4.69, 9.17) is 10.5 Å². The lowest BCUT2D eigenvalue weighted by Gasteiger charge is -2.20. The summed E-state index contributed by atoms with van der Waals surface area (Å²) in [4.78, 5) is 19.6. The number of fused-ring (bicyclic) bond motifs is 1. The Kier molecular flexibility index (Phi) is 6.74. The van der Waals surface area contributed by atoms with E-state index in [9.17, 15) is 27.1 Å². The van der Waals surface area contributed by atoms with Gasteiger partial charge in [0.05, 0.1) is 18.1 Å². The number of aliphatic carboxylic acids is 1. The maximum absolute atomic E-state index is 14.2. The number of rotatable bonds is 8. The second kappa shape index (κ2) is 9.65. The fraction of sp³-hybridized carbons (Fsp3) is 0.208. The molecular weight excluding hydrogens is 508 g/mol. The first kappa shape index (κ1) is 25.8. The van der Waals surface area contributed by atoms with Crippen molar-refractivity contribution in [3.63, 3.8) is 0 Å². The molecule has 0 radical (unpaired) electrons. The van der Waals surface area contributed by atoms with Gasteiger partial charge in [0.2, 0.25) is 11.8 Å². The highest BCUT2D eigenvalue weighted by Crippen LogP contribution is 2.34. The first-order valence-corrected chi connectivity index (χ1v) is 12.4. The molecule has 194 valence electrons. The molecule has 4 aromatic rings. The average molecular weight is 532 g/mol. The van der Waals surface area contributed by atoms with E-state index in [1.807, 2.05) is 0 Å². The highest BCUT2D eigenvalue weighted by atomic mass is 32.2. The van der Waals surface area contributed by atoms with Crippen molar-refractivity contribution in [2.45, 2.75) is 24.8 Å². The van der Waals surface area contributed by atoms with Crippen LogP contribution in [0.25, 0.3) is 22.2 Å². The molecule has 0 aliphatic carbocycles. The zero-order valence-electron chi connectivity index (χ0n) is 19.9. The van der Waals surface area contributed by atoms with E-state index in [2.05, 4.69) is 14.7 Å². The quantitative estimate of drug-likeness (QED) is 0.308. The van der Waals surface area contributed by atoms with E-state index in [0.717, 1.165) is 12.1 Å². The summed E-state index contributed by atoms with van der Waals surface area (Å²) in [6, 6.07) is 7.56. The minimum absolute atomic E-state index is 0.0379. The summed E-state index contributed by atoms with van der Waals surface area (Å²) in [5.74, 6) is -3.59. The highest BCUT2D eigenvalue weighted by Gasteiger charge is 2.28. The molecule has 2 heterocycles. The molecule has 0 fully saturated rings. The number of aromatic nitrogens is 3. The molecule has 0 aliphatic heterocycles. The molecule has 13 heteroatoms. The summed E-state index contributed by atoms with van der Waals surface area (Å²) in [6.45, 7) is 3.51. The number of sulfonamides is 1. The van der Waals surface area contributed by atoms with Crippen molar-refractivity contribution in [1.82, 2.24) is 14.5 Å². The molecule has 4 rings (SSSR count). The van der Waals surface area contributed by atoms with Crippen molar-refractivity contribution in [3.05, 3.63) is 60.3 Å². The minimum atomic E-state index is -4.47. The van der Waals surface area contributed by atoms with Crippen molar-refractivity contribution >= 4 is 38.7 Å². The number of methoxy groups -OCH3 is 1. The lowest BCUT2D eigenvalue weighted by molar-refractivity contribution is -0.142. The van der Waals surface area contributed by atoms with Crippen LogP contribution in [0.1, 0.15) is 19.9 Å². The van der Waals surface area contributed by atoms with Crippen LogP contribution in [0.2, 0.25) is 0 Å². The molecule has 2 aromatic carbocycles. The monoisotopic (exact) mass is 531 g/mol. The number of nitrogen functional groups attached to an aromatic ring is 1. The van der Waals surface area contributed by atoms with Gasteiger partial charge in [-0.05, 0) is 41.8 Å². The number of hydrogen-bond acceptors (Lipinski definition) is 7. The number of imidazole rings is 1. The van der Waals surface area contributed by atoms with Gasteiger partial charge < -0.3 is 15.6 Å². The largest absolute Gasteiger partial charge is 0.480 e. The Hall–Kier alpha value is -4.26. The number of benzene rings is 2. The fourth-order valence-corrected chi connectivity index (χ4v) is 5.12. The number of carboxylic acid groups (broad SMARTS) is 1. The van der Waals surface area contributed by atoms with E-state index in [0.29, 0.717) is 28.2 Å². The molecule has 4 N–H and O–H groups in total. The van der Waals surface area contributed by atoms with Gasteiger partial charge in [0.1, 0.15) is 28.3 Å². The molecule has 0 bridgehead atoms. The van der Waals surface area contributed by atoms with Crippen LogP contribution in [-0.4, -0.2) is 41.1 Å². The van der Waals surface area contributed by atoms with Crippen LogP contribution >= 0.6 is 0 Å². The van der Waals surface area contributed by atoms with Crippen LogP contribution < -0.4 is 15.2 Å². The van der Waals surface area contributed by atoms with Gasteiger partial charge in [-0.25, -0.2) is 32.0 Å². The van der Waals surface area contributed by atoms with E-state index < -0.39 is 38.6 Å². The first-order valence-electron chi connectivity index (χ1n) is 11.0. The van der Waals surface area contributed by atoms with Gasteiger partial charge in [0, 0.05) is 17.8 Å². The Bertz CT molecular complexity index is 1620. The Morgan fingerprint density at radius 3 is 2.49 bits per heavy atom.